The molecule has 0 saturated carbocycles. The van der Waals surface area contributed by atoms with Crippen LogP contribution < -0.4 is 10.1 Å². The average Bonchev–Trinajstić information content (AvgIpc) is 2.98. The van der Waals surface area contributed by atoms with E-state index in [9.17, 15) is 13.2 Å². The standard InChI is InChI=1S/C18H17BrF3N3OS/c1-11-9-14-15(23-8-2-3-12-4-6-13(19)7-5-12)24-17(25-16(14)27-11)26-10-18(20,21)22/h4-7,9H,2-3,8,10H2,1H3,(H,23,24,25). The lowest BCUT2D eigenvalue weighted by Gasteiger charge is -2.11. The number of alkyl halides is 3. The Morgan fingerprint density at radius 1 is 1.19 bits per heavy atom. The lowest BCUT2D eigenvalue weighted by Crippen LogP contribution is -2.20. The first kappa shape index (κ1) is 19.9. The van der Waals surface area contributed by atoms with Crippen molar-refractivity contribution in [2.75, 3.05) is 18.5 Å². The van der Waals surface area contributed by atoms with Crippen molar-refractivity contribution in [2.45, 2.75) is 25.9 Å². The molecule has 0 aliphatic rings. The molecular weight excluding hydrogens is 443 g/mol. The molecule has 1 N–H and O–H groups in total. The van der Waals surface area contributed by atoms with Crippen molar-refractivity contribution >= 4 is 43.3 Å². The van der Waals surface area contributed by atoms with E-state index in [2.05, 4.69) is 43.3 Å². The Bertz CT molecular complexity index is 913. The Labute approximate surface area is 166 Å². The number of nitrogens with zero attached hydrogens (tertiary/aromatic N) is 2. The monoisotopic (exact) mass is 459 g/mol. The lowest BCUT2D eigenvalue weighted by atomic mass is 10.1. The first-order valence-electron chi connectivity index (χ1n) is 8.26. The number of aryl methyl sites for hydroxylation is 2. The second kappa shape index (κ2) is 8.43. The summed E-state index contributed by atoms with van der Waals surface area (Å²) >= 11 is 4.80. The van der Waals surface area contributed by atoms with Crippen LogP contribution in [0.2, 0.25) is 0 Å². The molecule has 1 aromatic carbocycles. The average molecular weight is 460 g/mol. The fourth-order valence-corrected chi connectivity index (χ4v) is 3.65. The summed E-state index contributed by atoms with van der Waals surface area (Å²) in [7, 11) is 0. The molecule has 0 fully saturated rings. The van der Waals surface area contributed by atoms with Crippen LogP contribution in [0.15, 0.2) is 34.8 Å². The van der Waals surface area contributed by atoms with Gasteiger partial charge in [-0.1, -0.05) is 28.1 Å². The van der Waals surface area contributed by atoms with Crippen LogP contribution in [0.25, 0.3) is 10.2 Å². The largest absolute Gasteiger partial charge is 0.454 e. The predicted octanol–water partition coefficient (Wildman–Crippen LogP) is 5.75. The Balaban J connectivity index is 1.67. The van der Waals surface area contributed by atoms with E-state index in [4.69, 9.17) is 4.74 Å². The zero-order valence-corrected chi connectivity index (χ0v) is 16.8. The van der Waals surface area contributed by atoms with E-state index in [-0.39, 0.29) is 6.01 Å². The fraction of sp³-hybridized carbons (Fsp3) is 0.333. The normalized spacial score (nSPS) is 11.7. The number of anilines is 1. The summed E-state index contributed by atoms with van der Waals surface area (Å²) in [5.41, 5.74) is 1.22. The first-order chi connectivity index (χ1) is 12.8. The highest BCUT2D eigenvalue weighted by molar-refractivity contribution is 9.10. The van der Waals surface area contributed by atoms with Crippen molar-refractivity contribution in [3.8, 4) is 6.01 Å². The van der Waals surface area contributed by atoms with Gasteiger partial charge in [-0.05, 0) is 43.5 Å². The van der Waals surface area contributed by atoms with E-state index >= 15 is 0 Å². The van der Waals surface area contributed by atoms with Gasteiger partial charge in [0.25, 0.3) is 0 Å². The van der Waals surface area contributed by atoms with E-state index < -0.39 is 12.8 Å². The summed E-state index contributed by atoms with van der Waals surface area (Å²) in [4.78, 5) is 9.83. The van der Waals surface area contributed by atoms with Crippen molar-refractivity contribution in [3.05, 3.63) is 45.2 Å². The van der Waals surface area contributed by atoms with Gasteiger partial charge < -0.3 is 10.1 Å². The molecule has 0 bridgehead atoms. The quantitative estimate of drug-likeness (QED) is 0.457. The molecule has 0 amide bonds. The minimum atomic E-state index is -4.43. The second-order valence-corrected chi connectivity index (χ2v) is 8.14. The molecule has 0 aliphatic carbocycles. The molecule has 27 heavy (non-hydrogen) atoms. The Hall–Kier alpha value is -1.87. The molecule has 4 nitrogen and oxygen atoms in total. The van der Waals surface area contributed by atoms with Crippen LogP contribution >= 0.6 is 27.3 Å². The van der Waals surface area contributed by atoms with Crippen LogP contribution in [0.1, 0.15) is 16.9 Å². The molecule has 0 unspecified atom stereocenters. The third kappa shape index (κ3) is 5.80. The van der Waals surface area contributed by atoms with Gasteiger partial charge in [-0.3, -0.25) is 0 Å². The van der Waals surface area contributed by atoms with Crippen LogP contribution in [0.5, 0.6) is 6.01 Å². The highest BCUT2D eigenvalue weighted by Gasteiger charge is 2.29. The molecule has 144 valence electrons. The summed E-state index contributed by atoms with van der Waals surface area (Å²) in [5.74, 6) is 0.498. The number of aromatic nitrogens is 2. The fourth-order valence-electron chi connectivity index (χ4n) is 2.52. The highest BCUT2D eigenvalue weighted by atomic mass is 79.9. The van der Waals surface area contributed by atoms with E-state index in [1.807, 2.05) is 25.1 Å². The predicted molar refractivity (Wildman–Crippen MR) is 105 cm³/mol. The van der Waals surface area contributed by atoms with Crippen molar-refractivity contribution in [1.29, 1.82) is 0 Å². The molecule has 2 aromatic heterocycles. The molecule has 2 heterocycles. The van der Waals surface area contributed by atoms with Gasteiger partial charge in [-0.15, -0.1) is 11.3 Å². The lowest BCUT2D eigenvalue weighted by molar-refractivity contribution is -0.154. The maximum Gasteiger partial charge on any atom is 0.422 e. The number of thiophene rings is 1. The van der Waals surface area contributed by atoms with Crippen molar-refractivity contribution in [3.63, 3.8) is 0 Å². The molecule has 0 spiro atoms. The van der Waals surface area contributed by atoms with Gasteiger partial charge in [-0.2, -0.15) is 23.1 Å². The summed E-state index contributed by atoms with van der Waals surface area (Å²) in [6.07, 6.45) is -2.69. The summed E-state index contributed by atoms with van der Waals surface area (Å²) in [6, 6.07) is 9.75. The van der Waals surface area contributed by atoms with Gasteiger partial charge in [0.05, 0.1) is 5.39 Å². The highest BCUT2D eigenvalue weighted by Crippen LogP contribution is 2.30. The number of hydrogen-bond acceptors (Lipinski definition) is 5. The number of nitrogens with one attached hydrogen (secondary N) is 1. The Morgan fingerprint density at radius 3 is 2.63 bits per heavy atom. The number of rotatable bonds is 7. The smallest absolute Gasteiger partial charge is 0.422 e. The molecular formula is C18H17BrF3N3OS. The molecule has 9 heteroatoms. The van der Waals surface area contributed by atoms with Gasteiger partial charge in [0.15, 0.2) is 6.61 Å². The third-order valence-electron chi connectivity index (χ3n) is 3.71. The van der Waals surface area contributed by atoms with Gasteiger partial charge >= 0.3 is 12.2 Å². The van der Waals surface area contributed by atoms with Gasteiger partial charge in [0, 0.05) is 15.9 Å². The van der Waals surface area contributed by atoms with E-state index in [1.165, 1.54) is 16.9 Å². The molecule has 0 radical (unpaired) electrons. The summed E-state index contributed by atoms with van der Waals surface area (Å²) in [5, 5.41) is 4.00. The molecule has 0 atom stereocenters. The number of hydrogen-bond donors (Lipinski definition) is 1. The van der Waals surface area contributed by atoms with Crippen molar-refractivity contribution < 1.29 is 17.9 Å². The van der Waals surface area contributed by atoms with Crippen LogP contribution in [0, 0.1) is 6.92 Å². The summed E-state index contributed by atoms with van der Waals surface area (Å²) in [6.45, 7) is 1.14. The molecule has 0 aliphatic heterocycles. The first-order valence-corrected chi connectivity index (χ1v) is 9.87. The van der Waals surface area contributed by atoms with Gasteiger partial charge in [0.1, 0.15) is 10.6 Å². The molecule has 3 aromatic rings. The van der Waals surface area contributed by atoms with Crippen LogP contribution in [-0.4, -0.2) is 29.3 Å². The maximum atomic E-state index is 12.4. The number of ether oxygens (including phenoxy) is 1. The number of halogens is 4. The van der Waals surface area contributed by atoms with E-state index in [0.29, 0.717) is 17.2 Å². The maximum absolute atomic E-state index is 12.4. The van der Waals surface area contributed by atoms with Gasteiger partial charge in [-0.25, -0.2) is 0 Å². The minimum Gasteiger partial charge on any atom is -0.454 e. The van der Waals surface area contributed by atoms with Crippen LogP contribution in [0.3, 0.4) is 0 Å². The Kier molecular flexibility index (Phi) is 6.21. The zero-order valence-electron chi connectivity index (χ0n) is 14.4. The third-order valence-corrected chi connectivity index (χ3v) is 5.18. The second-order valence-electron chi connectivity index (χ2n) is 5.99. The molecule has 3 rings (SSSR count). The number of fused-ring (bicyclic) bond motifs is 1. The summed E-state index contributed by atoms with van der Waals surface area (Å²) < 4.78 is 43.0. The SMILES string of the molecule is Cc1cc2c(NCCCc3ccc(Br)cc3)nc(OCC(F)(F)F)nc2s1. The molecule has 0 saturated heterocycles. The van der Waals surface area contributed by atoms with Gasteiger partial charge in [0.2, 0.25) is 0 Å². The van der Waals surface area contributed by atoms with E-state index in [0.717, 1.165) is 27.6 Å². The van der Waals surface area contributed by atoms with Crippen molar-refractivity contribution in [2.24, 2.45) is 0 Å². The van der Waals surface area contributed by atoms with Crippen LogP contribution in [0.4, 0.5) is 19.0 Å². The zero-order chi connectivity index (χ0) is 19.4. The number of benzene rings is 1. The minimum absolute atomic E-state index is 0.267. The van der Waals surface area contributed by atoms with Crippen LogP contribution in [-0.2, 0) is 6.42 Å². The Morgan fingerprint density at radius 2 is 1.93 bits per heavy atom. The van der Waals surface area contributed by atoms with E-state index in [1.54, 1.807) is 0 Å². The van der Waals surface area contributed by atoms with Crippen molar-refractivity contribution in [1.82, 2.24) is 9.97 Å². The topological polar surface area (TPSA) is 47.0 Å².